The maximum atomic E-state index is 5.64. The van der Waals surface area contributed by atoms with Gasteiger partial charge in [-0.05, 0) is 37.5 Å². The predicted octanol–water partition coefficient (Wildman–Crippen LogP) is 3.60. The molecule has 1 aromatic carbocycles. The molecule has 0 bridgehead atoms. The lowest BCUT2D eigenvalue weighted by Crippen LogP contribution is -2.18. The first kappa shape index (κ1) is 13.8. The minimum atomic E-state index is 0.128. The molecule has 0 N–H and O–H groups in total. The zero-order chi connectivity index (χ0) is 13.5. The van der Waals surface area contributed by atoms with Crippen molar-refractivity contribution in [3.8, 4) is 5.75 Å². The minimum absolute atomic E-state index is 0.128. The summed E-state index contributed by atoms with van der Waals surface area (Å²) in [5, 5.41) is 0. The Balaban J connectivity index is 1.64. The molecule has 19 heavy (non-hydrogen) atoms. The Bertz CT molecular complexity index is 463. The first-order valence-corrected chi connectivity index (χ1v) is 6.48. The van der Waals surface area contributed by atoms with Gasteiger partial charge in [0.25, 0.3) is 0 Å². The fourth-order valence-electron chi connectivity index (χ4n) is 1.90. The van der Waals surface area contributed by atoms with E-state index in [1.165, 1.54) is 5.57 Å². The van der Waals surface area contributed by atoms with E-state index in [1.54, 1.807) is 0 Å². The van der Waals surface area contributed by atoms with Gasteiger partial charge in [-0.25, -0.2) is 0 Å². The van der Waals surface area contributed by atoms with Gasteiger partial charge < -0.3 is 14.2 Å². The lowest BCUT2D eigenvalue weighted by atomic mass is 10.0. The Labute approximate surface area is 114 Å². The van der Waals surface area contributed by atoms with Gasteiger partial charge in [-0.1, -0.05) is 36.4 Å². The van der Waals surface area contributed by atoms with Crippen LogP contribution in [-0.4, -0.2) is 19.7 Å². The molecule has 1 unspecified atom stereocenters. The van der Waals surface area contributed by atoms with Gasteiger partial charge in [-0.15, -0.1) is 0 Å². The van der Waals surface area contributed by atoms with Gasteiger partial charge in [0.2, 0.25) is 0 Å². The highest BCUT2D eigenvalue weighted by atomic mass is 16.7. The van der Waals surface area contributed by atoms with Crippen molar-refractivity contribution in [3.05, 3.63) is 53.6 Å². The molecule has 1 aliphatic carbocycles. The van der Waals surface area contributed by atoms with Crippen LogP contribution in [0.5, 0.6) is 5.75 Å². The monoisotopic (exact) mass is 260 g/mol. The third-order valence-electron chi connectivity index (χ3n) is 3.10. The van der Waals surface area contributed by atoms with Crippen LogP contribution in [0.3, 0.4) is 0 Å². The second-order valence-electron chi connectivity index (χ2n) is 4.58. The summed E-state index contributed by atoms with van der Waals surface area (Å²) in [7, 11) is 0. The van der Waals surface area contributed by atoms with Crippen LogP contribution < -0.4 is 4.74 Å². The molecule has 3 nitrogen and oxygen atoms in total. The molecular weight excluding hydrogens is 240 g/mol. The van der Waals surface area contributed by atoms with Crippen LogP contribution in [0.2, 0.25) is 0 Å². The van der Waals surface area contributed by atoms with E-state index < -0.39 is 0 Å². The number of benzene rings is 1. The molecular formula is C16H20O3. The van der Waals surface area contributed by atoms with Crippen molar-refractivity contribution in [2.45, 2.75) is 26.4 Å². The largest absolute Gasteiger partial charge is 0.467 e. The van der Waals surface area contributed by atoms with Crippen molar-refractivity contribution < 1.29 is 14.2 Å². The number of ether oxygens (including phenoxy) is 3. The van der Waals surface area contributed by atoms with Gasteiger partial charge in [-0.2, -0.15) is 0 Å². The van der Waals surface area contributed by atoms with Gasteiger partial charge in [0.05, 0.1) is 6.10 Å². The van der Waals surface area contributed by atoms with E-state index in [0.717, 1.165) is 17.7 Å². The van der Waals surface area contributed by atoms with E-state index >= 15 is 0 Å². The predicted molar refractivity (Wildman–Crippen MR) is 75.0 cm³/mol. The molecule has 0 amide bonds. The molecule has 0 heterocycles. The highest BCUT2D eigenvalue weighted by Crippen LogP contribution is 2.17. The third kappa shape index (κ3) is 4.23. The van der Waals surface area contributed by atoms with Crippen molar-refractivity contribution in [2.75, 3.05) is 13.6 Å². The molecule has 0 aliphatic heterocycles. The Hall–Kier alpha value is -1.58. The Morgan fingerprint density at radius 2 is 2.00 bits per heavy atom. The molecule has 2 rings (SSSR count). The number of rotatable bonds is 6. The quantitative estimate of drug-likeness (QED) is 0.578. The van der Waals surface area contributed by atoms with Crippen molar-refractivity contribution in [2.24, 2.45) is 0 Å². The molecule has 0 spiro atoms. The molecule has 3 heteroatoms. The van der Waals surface area contributed by atoms with E-state index in [1.807, 2.05) is 31.2 Å². The summed E-state index contributed by atoms with van der Waals surface area (Å²) in [5.74, 6) is 0.846. The lowest BCUT2D eigenvalue weighted by Gasteiger charge is -2.19. The fourth-order valence-corrected chi connectivity index (χ4v) is 1.90. The van der Waals surface area contributed by atoms with Gasteiger partial charge >= 0.3 is 0 Å². The summed E-state index contributed by atoms with van der Waals surface area (Å²) >= 11 is 0. The smallest absolute Gasteiger partial charge is 0.191 e. The SMILES string of the molecule is CC1=CC=CCC1OCOCOc1ccccc1C. The first-order chi connectivity index (χ1) is 9.27. The highest BCUT2D eigenvalue weighted by molar-refractivity contribution is 5.31. The number of allylic oxidation sites excluding steroid dienone is 2. The second kappa shape index (κ2) is 7.12. The van der Waals surface area contributed by atoms with Crippen LogP contribution in [0.1, 0.15) is 18.9 Å². The van der Waals surface area contributed by atoms with Crippen molar-refractivity contribution in [3.63, 3.8) is 0 Å². The summed E-state index contributed by atoms with van der Waals surface area (Å²) in [6.07, 6.45) is 7.25. The molecule has 0 aromatic heterocycles. The standard InChI is InChI=1S/C16H20O3/c1-13-7-3-5-9-15(13)18-11-17-12-19-16-10-6-4-8-14(16)2/h3-9,16H,10-12H2,1-2H3. The van der Waals surface area contributed by atoms with Crippen LogP contribution in [0, 0.1) is 6.92 Å². The zero-order valence-electron chi connectivity index (χ0n) is 11.5. The number of para-hydroxylation sites is 1. The Kier molecular flexibility index (Phi) is 5.19. The van der Waals surface area contributed by atoms with Gasteiger partial charge in [0, 0.05) is 0 Å². The van der Waals surface area contributed by atoms with E-state index in [0.29, 0.717) is 0 Å². The fraction of sp³-hybridized carbons (Fsp3) is 0.375. The normalized spacial score (nSPS) is 18.2. The number of hydrogen-bond donors (Lipinski definition) is 0. The van der Waals surface area contributed by atoms with Crippen LogP contribution in [0.25, 0.3) is 0 Å². The summed E-state index contributed by atoms with van der Waals surface area (Å²) < 4.78 is 16.5. The molecule has 102 valence electrons. The average molecular weight is 260 g/mol. The summed E-state index contributed by atoms with van der Waals surface area (Å²) in [4.78, 5) is 0. The maximum Gasteiger partial charge on any atom is 0.191 e. The lowest BCUT2D eigenvalue weighted by molar-refractivity contribution is -0.116. The minimum Gasteiger partial charge on any atom is -0.467 e. The van der Waals surface area contributed by atoms with Crippen LogP contribution in [0.15, 0.2) is 48.1 Å². The van der Waals surface area contributed by atoms with E-state index in [9.17, 15) is 0 Å². The van der Waals surface area contributed by atoms with Crippen molar-refractivity contribution in [1.29, 1.82) is 0 Å². The van der Waals surface area contributed by atoms with Crippen LogP contribution in [0.4, 0.5) is 0 Å². The average Bonchev–Trinajstić information content (AvgIpc) is 2.42. The molecule has 0 saturated carbocycles. The Morgan fingerprint density at radius 1 is 1.16 bits per heavy atom. The molecule has 1 aromatic rings. The second-order valence-corrected chi connectivity index (χ2v) is 4.58. The Morgan fingerprint density at radius 3 is 2.79 bits per heavy atom. The summed E-state index contributed by atoms with van der Waals surface area (Å²) in [6, 6.07) is 7.87. The van der Waals surface area contributed by atoms with E-state index in [2.05, 4.69) is 25.2 Å². The zero-order valence-corrected chi connectivity index (χ0v) is 11.5. The molecule has 0 saturated heterocycles. The topological polar surface area (TPSA) is 27.7 Å². The van der Waals surface area contributed by atoms with Gasteiger partial charge in [0.15, 0.2) is 13.6 Å². The van der Waals surface area contributed by atoms with Crippen molar-refractivity contribution >= 4 is 0 Å². The van der Waals surface area contributed by atoms with Crippen LogP contribution >= 0.6 is 0 Å². The first-order valence-electron chi connectivity index (χ1n) is 6.48. The van der Waals surface area contributed by atoms with Gasteiger partial charge in [-0.3, -0.25) is 0 Å². The van der Waals surface area contributed by atoms with E-state index in [4.69, 9.17) is 14.2 Å². The highest BCUT2D eigenvalue weighted by Gasteiger charge is 2.11. The van der Waals surface area contributed by atoms with E-state index in [-0.39, 0.29) is 19.7 Å². The summed E-state index contributed by atoms with van der Waals surface area (Å²) in [6.45, 7) is 4.53. The number of aryl methyl sites for hydroxylation is 1. The maximum absolute atomic E-state index is 5.64. The van der Waals surface area contributed by atoms with Crippen molar-refractivity contribution in [1.82, 2.24) is 0 Å². The van der Waals surface area contributed by atoms with Gasteiger partial charge in [0.1, 0.15) is 5.75 Å². The molecule has 0 fully saturated rings. The molecule has 1 atom stereocenters. The van der Waals surface area contributed by atoms with Crippen LogP contribution in [-0.2, 0) is 9.47 Å². The third-order valence-corrected chi connectivity index (χ3v) is 3.10. The molecule has 0 radical (unpaired) electrons. The summed E-state index contributed by atoms with van der Waals surface area (Å²) in [5.41, 5.74) is 2.33. The number of hydrogen-bond acceptors (Lipinski definition) is 3. The molecule has 1 aliphatic rings.